The molecular formula is C26H29F17NO5S+. The Labute approximate surface area is 272 Å². The van der Waals surface area contributed by atoms with Gasteiger partial charge in [0.25, 0.3) is 10.1 Å². The maximum absolute atomic E-state index is 14.1. The quantitative estimate of drug-likeness (QED) is 0.0663. The Hall–Kier alpha value is -2.66. The Bertz CT molecular complexity index is 1400. The monoisotopic (exact) mass is 790 g/mol. The van der Waals surface area contributed by atoms with Gasteiger partial charge >= 0.3 is 53.6 Å². The van der Waals surface area contributed by atoms with E-state index in [1.165, 1.54) is 17.0 Å². The summed E-state index contributed by atoms with van der Waals surface area (Å²) in [7, 11) is -4.20. The molecule has 6 nitrogen and oxygen atoms in total. The summed E-state index contributed by atoms with van der Waals surface area (Å²) in [5, 5.41) is 0. The number of hydrogen-bond donors (Lipinski definition) is 1. The molecule has 0 aliphatic rings. The molecule has 1 rings (SSSR count). The van der Waals surface area contributed by atoms with Gasteiger partial charge in [-0.2, -0.15) is 83.1 Å². The molecule has 1 aromatic rings. The largest absolute Gasteiger partial charge is 0.465 e. The lowest BCUT2D eigenvalue weighted by Crippen LogP contribution is -2.74. The highest BCUT2D eigenvalue weighted by molar-refractivity contribution is 7.85. The van der Waals surface area contributed by atoms with E-state index in [9.17, 15) is 87.8 Å². The van der Waals surface area contributed by atoms with Gasteiger partial charge in [-0.15, -0.1) is 0 Å². The third kappa shape index (κ3) is 9.03. The summed E-state index contributed by atoms with van der Waals surface area (Å²) in [5.41, 5.74) is 0.572. The molecule has 0 bridgehead atoms. The SMILES string of the molecule is CCCC(CC(C)C(=O)OCCC(F)(F)C(F)(F)C(F)(F)C(F)(F)C(F)(F)C(F)(F)C(F)(F)C(F)(F)F)c1cc[n+](CCCS(=O)(=O)O)cc1. The summed E-state index contributed by atoms with van der Waals surface area (Å²) in [6.07, 6.45) is -6.93. The number of aryl methyl sites for hydroxylation is 1. The summed E-state index contributed by atoms with van der Waals surface area (Å²) < 4.78 is 264. The van der Waals surface area contributed by atoms with Gasteiger partial charge in [-0.05, 0) is 24.3 Å². The first-order valence-corrected chi connectivity index (χ1v) is 15.6. The third-order valence-corrected chi connectivity index (χ3v) is 8.14. The van der Waals surface area contributed by atoms with E-state index in [1.807, 2.05) is 0 Å². The Kier molecular flexibility index (Phi) is 13.7. The molecule has 0 spiro atoms. The number of rotatable bonds is 19. The minimum Gasteiger partial charge on any atom is -0.465 e. The molecule has 0 fully saturated rings. The molecule has 0 aromatic carbocycles. The number of nitrogens with zero attached hydrogens (tertiary/aromatic N) is 1. The van der Waals surface area contributed by atoms with Gasteiger partial charge in [-0.25, -0.2) is 4.57 Å². The van der Waals surface area contributed by atoms with Gasteiger partial charge < -0.3 is 4.74 Å². The van der Waals surface area contributed by atoms with E-state index in [4.69, 9.17) is 4.55 Å². The predicted molar refractivity (Wildman–Crippen MR) is 135 cm³/mol. The van der Waals surface area contributed by atoms with Crippen molar-refractivity contribution in [2.75, 3.05) is 12.4 Å². The minimum atomic E-state index is -8.72. The Morgan fingerprint density at radius 2 is 1.22 bits per heavy atom. The molecule has 50 heavy (non-hydrogen) atoms. The number of esters is 1. The summed E-state index contributed by atoms with van der Waals surface area (Å²) >= 11 is 0. The number of ether oxygens (including phenoxy) is 1. The first-order chi connectivity index (χ1) is 22.2. The van der Waals surface area contributed by atoms with Gasteiger partial charge in [0.2, 0.25) is 0 Å². The number of carbonyl (C=O) groups is 1. The van der Waals surface area contributed by atoms with Crippen LogP contribution in [-0.2, 0) is 26.2 Å². The van der Waals surface area contributed by atoms with Crippen LogP contribution in [0.15, 0.2) is 24.5 Å². The smallest absolute Gasteiger partial charge is 0.460 e. The zero-order valence-electron chi connectivity index (χ0n) is 25.5. The molecule has 1 aromatic heterocycles. The molecule has 1 heterocycles. The number of aromatic nitrogens is 1. The fourth-order valence-electron chi connectivity index (χ4n) is 4.39. The van der Waals surface area contributed by atoms with Crippen LogP contribution in [0.5, 0.6) is 0 Å². The number of halogens is 17. The van der Waals surface area contributed by atoms with Crippen LogP contribution in [0.25, 0.3) is 0 Å². The van der Waals surface area contributed by atoms with Crippen LogP contribution in [0, 0.1) is 5.92 Å². The van der Waals surface area contributed by atoms with Crippen LogP contribution < -0.4 is 4.57 Å². The van der Waals surface area contributed by atoms with Gasteiger partial charge in [-0.1, -0.05) is 20.3 Å². The van der Waals surface area contributed by atoms with Gasteiger partial charge in [0.15, 0.2) is 12.4 Å². The molecule has 24 heteroatoms. The van der Waals surface area contributed by atoms with Crippen LogP contribution in [0.4, 0.5) is 74.6 Å². The maximum atomic E-state index is 14.1. The maximum Gasteiger partial charge on any atom is 0.460 e. The lowest BCUT2D eigenvalue weighted by molar-refractivity contribution is -0.696. The van der Waals surface area contributed by atoms with E-state index in [-0.39, 0.29) is 19.4 Å². The third-order valence-electron chi connectivity index (χ3n) is 7.33. The van der Waals surface area contributed by atoms with Gasteiger partial charge in [0.05, 0.1) is 24.7 Å². The molecule has 0 radical (unpaired) electrons. The number of carbonyl (C=O) groups excluding carboxylic acids is 1. The Morgan fingerprint density at radius 3 is 1.64 bits per heavy atom. The molecule has 1 N–H and O–H groups in total. The molecule has 2 atom stereocenters. The van der Waals surface area contributed by atoms with Gasteiger partial charge in [0.1, 0.15) is 6.54 Å². The summed E-state index contributed by atoms with van der Waals surface area (Å²) in [4.78, 5) is 12.3. The number of alkyl halides is 17. The van der Waals surface area contributed by atoms with Crippen LogP contribution >= 0.6 is 0 Å². The first-order valence-electron chi connectivity index (χ1n) is 14.0. The molecule has 2 unspecified atom stereocenters. The second-order valence-corrected chi connectivity index (χ2v) is 12.8. The van der Waals surface area contributed by atoms with Gasteiger partial charge in [-0.3, -0.25) is 9.35 Å². The normalized spacial score (nSPS) is 15.9. The molecule has 0 aliphatic carbocycles. The van der Waals surface area contributed by atoms with E-state index in [0.717, 1.165) is 6.92 Å². The predicted octanol–water partition coefficient (Wildman–Crippen LogP) is 8.10. The summed E-state index contributed by atoms with van der Waals surface area (Å²) in [6.45, 7) is 0.996. The standard InChI is InChI=1S/C26H28F17NO5S/c1-3-5-17(16-6-10-44(11-7-16)9-4-13-50(46,47)48)14-15(2)18(45)49-12-8-19(27,28)20(29,30)21(31,32)22(33,34)23(35,36)24(37,38)25(39,40)26(41,42)43/h6-7,10-11,15,17H,3-5,8-9,12-14H2,1-2H3/p+1. The average molecular weight is 791 g/mol. The second kappa shape index (κ2) is 15.1. The van der Waals surface area contributed by atoms with E-state index in [0.29, 0.717) is 18.4 Å². The Morgan fingerprint density at radius 1 is 0.780 bits per heavy atom. The molecule has 0 saturated heterocycles. The topological polar surface area (TPSA) is 84.5 Å². The van der Waals surface area contributed by atoms with Crippen molar-refractivity contribution in [1.82, 2.24) is 0 Å². The lowest BCUT2D eigenvalue weighted by Gasteiger charge is -2.42. The fraction of sp³-hybridized carbons (Fsp3) is 0.769. The number of hydrogen-bond acceptors (Lipinski definition) is 4. The van der Waals surface area contributed by atoms with Crippen molar-refractivity contribution in [2.45, 2.75) is 106 Å². The van der Waals surface area contributed by atoms with Gasteiger partial charge in [0, 0.05) is 18.6 Å². The molecule has 0 aliphatic heterocycles. The van der Waals surface area contributed by atoms with E-state index in [1.54, 1.807) is 19.1 Å². The van der Waals surface area contributed by atoms with E-state index < -0.39 is 94.3 Å². The van der Waals surface area contributed by atoms with E-state index in [2.05, 4.69) is 4.74 Å². The van der Waals surface area contributed by atoms with Crippen molar-refractivity contribution in [3.05, 3.63) is 30.1 Å². The molecular weight excluding hydrogens is 761 g/mol. The zero-order chi connectivity index (χ0) is 39.6. The van der Waals surface area contributed by atoms with Crippen molar-refractivity contribution in [2.24, 2.45) is 5.92 Å². The highest BCUT2D eigenvalue weighted by Crippen LogP contribution is 2.64. The van der Waals surface area contributed by atoms with Crippen LogP contribution in [0.1, 0.15) is 57.4 Å². The zero-order valence-corrected chi connectivity index (χ0v) is 26.3. The second-order valence-electron chi connectivity index (χ2n) is 11.2. The van der Waals surface area contributed by atoms with Crippen LogP contribution in [-0.4, -0.2) is 78.9 Å². The minimum absolute atomic E-state index is 0.0401. The highest BCUT2D eigenvalue weighted by atomic mass is 32.2. The average Bonchev–Trinajstić information content (AvgIpc) is 2.95. The fourth-order valence-corrected chi connectivity index (χ4v) is 4.88. The van der Waals surface area contributed by atoms with Crippen molar-refractivity contribution in [3.8, 4) is 0 Å². The van der Waals surface area contributed by atoms with Crippen LogP contribution in [0.2, 0.25) is 0 Å². The molecule has 0 saturated carbocycles. The number of pyridine rings is 1. The van der Waals surface area contributed by atoms with Crippen LogP contribution in [0.3, 0.4) is 0 Å². The van der Waals surface area contributed by atoms with Crippen molar-refractivity contribution < 1.29 is 102 Å². The highest BCUT2D eigenvalue weighted by Gasteiger charge is 2.95. The first kappa shape index (κ1) is 45.4. The van der Waals surface area contributed by atoms with Crippen molar-refractivity contribution in [3.63, 3.8) is 0 Å². The molecule has 0 amide bonds. The van der Waals surface area contributed by atoms with Crippen molar-refractivity contribution >= 4 is 16.1 Å². The summed E-state index contributed by atoms with van der Waals surface area (Å²) in [5.74, 6) is -60.9. The summed E-state index contributed by atoms with van der Waals surface area (Å²) in [6, 6.07) is 3.10. The molecule has 292 valence electrons. The van der Waals surface area contributed by atoms with E-state index >= 15 is 0 Å². The lowest BCUT2D eigenvalue weighted by atomic mass is 9.87. The Balaban J connectivity index is 3.07. The van der Waals surface area contributed by atoms with Crippen molar-refractivity contribution in [1.29, 1.82) is 0 Å².